The van der Waals surface area contributed by atoms with E-state index >= 15 is 8.78 Å². The van der Waals surface area contributed by atoms with Gasteiger partial charge in [0.25, 0.3) is 0 Å². The lowest BCUT2D eigenvalue weighted by Crippen LogP contribution is -2.43. The monoisotopic (exact) mass is 652 g/mol. The zero-order chi connectivity index (χ0) is 32.7. The highest BCUT2D eigenvalue weighted by Gasteiger charge is 2.49. The van der Waals surface area contributed by atoms with Gasteiger partial charge >= 0.3 is 6.01 Å². The van der Waals surface area contributed by atoms with E-state index in [0.29, 0.717) is 79.0 Å². The molecule has 47 heavy (non-hydrogen) atoms. The first kappa shape index (κ1) is 31.7. The number of hydrogen-bond donors (Lipinski definition) is 1. The molecule has 1 N–H and O–H groups in total. The number of aromatic nitrogens is 2. The first-order valence-corrected chi connectivity index (χ1v) is 16.3. The van der Waals surface area contributed by atoms with E-state index in [-0.39, 0.29) is 41.8 Å². The van der Waals surface area contributed by atoms with E-state index in [4.69, 9.17) is 23.9 Å². The van der Waals surface area contributed by atoms with Crippen LogP contribution in [0.15, 0.2) is 30.3 Å². The van der Waals surface area contributed by atoms with E-state index in [9.17, 15) is 9.50 Å². The van der Waals surface area contributed by atoms with Gasteiger partial charge in [-0.1, -0.05) is 13.0 Å². The van der Waals surface area contributed by atoms with Crippen LogP contribution in [0.25, 0.3) is 32.8 Å². The van der Waals surface area contributed by atoms with Crippen LogP contribution >= 0.6 is 0 Å². The smallest absolute Gasteiger partial charge is 0.319 e. The van der Waals surface area contributed by atoms with Gasteiger partial charge in [-0.15, -0.1) is 0 Å². The van der Waals surface area contributed by atoms with Crippen molar-refractivity contribution in [2.45, 2.75) is 50.7 Å². The molecule has 0 saturated carbocycles. The fraction of sp³-hybridized carbons (Fsp3) is 0.486. The van der Waals surface area contributed by atoms with Gasteiger partial charge in [0.2, 0.25) is 0 Å². The van der Waals surface area contributed by atoms with E-state index in [1.54, 1.807) is 18.2 Å². The van der Waals surface area contributed by atoms with Crippen molar-refractivity contribution in [3.05, 3.63) is 47.5 Å². The molecule has 12 heteroatoms. The number of rotatable bonds is 9. The summed E-state index contributed by atoms with van der Waals surface area (Å²) in [6.45, 7) is 5.26. The van der Waals surface area contributed by atoms with Crippen molar-refractivity contribution >= 4 is 27.5 Å². The van der Waals surface area contributed by atoms with Crippen molar-refractivity contribution in [3.8, 4) is 28.6 Å². The molecule has 4 aromatic rings. The summed E-state index contributed by atoms with van der Waals surface area (Å²) < 4.78 is 69.5. The standard InChI is InChI=1S/C35H39F3N4O5/c1-3-24-27(37)7-6-21-14-23(47-20-44-2)15-25(29(21)24)30-28(43)16-26-32(31(30)38)39-34(40-33(26)41-9-5-12-45-13-11-41)46-19-35-8-4-10-42(35)18-22(36)17-35/h6-7,14-16,22,43H,3-5,8-13,17-20H2,1-2H3/t22-,35+/m1/s1. The third-order valence-electron chi connectivity index (χ3n) is 9.73. The van der Waals surface area contributed by atoms with Gasteiger partial charge in [-0.25, -0.2) is 13.2 Å². The summed E-state index contributed by atoms with van der Waals surface area (Å²) in [5.74, 6) is -0.812. The van der Waals surface area contributed by atoms with Gasteiger partial charge in [0.1, 0.15) is 41.4 Å². The van der Waals surface area contributed by atoms with E-state index in [2.05, 4.69) is 9.88 Å². The second-order valence-corrected chi connectivity index (χ2v) is 12.6. The van der Waals surface area contributed by atoms with Gasteiger partial charge in [0, 0.05) is 50.7 Å². The maximum Gasteiger partial charge on any atom is 0.319 e. The molecule has 3 aromatic carbocycles. The molecule has 3 fully saturated rings. The summed E-state index contributed by atoms with van der Waals surface area (Å²) in [4.78, 5) is 13.4. The number of anilines is 1. The molecule has 4 heterocycles. The van der Waals surface area contributed by atoms with E-state index in [1.807, 2.05) is 11.8 Å². The van der Waals surface area contributed by atoms with Crippen molar-refractivity contribution in [1.29, 1.82) is 0 Å². The summed E-state index contributed by atoms with van der Waals surface area (Å²) in [6.07, 6.45) is 2.26. The molecule has 3 aliphatic heterocycles. The first-order chi connectivity index (χ1) is 22.8. The molecule has 0 bridgehead atoms. The van der Waals surface area contributed by atoms with Crippen LogP contribution in [0.3, 0.4) is 0 Å². The van der Waals surface area contributed by atoms with Crippen molar-refractivity contribution in [2.75, 3.05) is 64.8 Å². The van der Waals surface area contributed by atoms with Crippen LogP contribution in [0, 0.1) is 11.6 Å². The molecule has 0 unspecified atom stereocenters. The molecule has 9 nitrogen and oxygen atoms in total. The topological polar surface area (TPSA) is 89.4 Å². The van der Waals surface area contributed by atoms with E-state index < -0.39 is 23.3 Å². The number of hydrogen-bond acceptors (Lipinski definition) is 9. The predicted octanol–water partition coefficient (Wildman–Crippen LogP) is 6.16. The molecule has 3 aliphatic rings. The SMILES string of the molecule is CCc1c(F)ccc2cc(OCOC)cc(-c3c(O)cc4c(N5CCCOCC5)nc(OC[C@@]56CCCN5C[C@H](F)C6)nc4c3F)c12. The second-order valence-electron chi connectivity index (χ2n) is 12.6. The fourth-order valence-electron chi connectivity index (χ4n) is 7.59. The maximum atomic E-state index is 17.1. The summed E-state index contributed by atoms with van der Waals surface area (Å²) in [5, 5.41) is 12.9. The Labute approximate surface area is 271 Å². The number of halogens is 3. The Morgan fingerprint density at radius 3 is 2.77 bits per heavy atom. The van der Waals surface area contributed by atoms with Crippen LogP contribution in [-0.2, 0) is 15.9 Å². The average Bonchev–Trinajstić information content (AvgIpc) is 3.44. The molecule has 0 aliphatic carbocycles. The molecule has 0 radical (unpaired) electrons. The molecule has 3 saturated heterocycles. The van der Waals surface area contributed by atoms with Gasteiger partial charge in [-0.2, -0.15) is 9.97 Å². The van der Waals surface area contributed by atoms with Gasteiger partial charge in [-0.3, -0.25) is 4.90 Å². The summed E-state index contributed by atoms with van der Waals surface area (Å²) in [6, 6.07) is 7.72. The van der Waals surface area contributed by atoms with E-state index in [1.165, 1.54) is 19.2 Å². The number of methoxy groups -OCH3 is 1. The molecular weight excluding hydrogens is 613 g/mol. The van der Waals surface area contributed by atoms with Gasteiger partial charge in [0.05, 0.1) is 17.7 Å². The lowest BCUT2D eigenvalue weighted by atomic mass is 9.91. The molecule has 250 valence electrons. The number of phenols is 1. The summed E-state index contributed by atoms with van der Waals surface area (Å²) >= 11 is 0. The number of alkyl halides is 1. The van der Waals surface area contributed by atoms with Gasteiger partial charge in [-0.05, 0) is 72.8 Å². The Morgan fingerprint density at radius 2 is 1.94 bits per heavy atom. The third-order valence-corrected chi connectivity index (χ3v) is 9.73. The molecule has 2 atom stereocenters. The third kappa shape index (κ3) is 5.80. The van der Waals surface area contributed by atoms with Crippen molar-refractivity contribution < 1.29 is 37.2 Å². The number of aromatic hydroxyl groups is 1. The Balaban J connectivity index is 1.41. The molecule has 0 spiro atoms. The number of nitrogens with zero attached hydrogens (tertiary/aromatic N) is 4. The van der Waals surface area contributed by atoms with Crippen LogP contribution in [-0.4, -0.2) is 91.6 Å². The number of fused-ring (bicyclic) bond motifs is 3. The minimum Gasteiger partial charge on any atom is -0.507 e. The highest BCUT2D eigenvalue weighted by molar-refractivity contribution is 6.04. The molecule has 1 aromatic heterocycles. The van der Waals surface area contributed by atoms with E-state index in [0.717, 1.165) is 25.8 Å². The lowest BCUT2D eigenvalue weighted by molar-refractivity contribution is 0.0512. The Morgan fingerprint density at radius 1 is 1.06 bits per heavy atom. The van der Waals surface area contributed by atoms with Gasteiger partial charge in [0.15, 0.2) is 12.6 Å². The normalized spacial score (nSPS) is 21.8. The highest BCUT2D eigenvalue weighted by atomic mass is 19.1. The summed E-state index contributed by atoms with van der Waals surface area (Å²) in [7, 11) is 1.49. The average molecular weight is 653 g/mol. The van der Waals surface area contributed by atoms with Crippen LogP contribution < -0.4 is 14.4 Å². The lowest BCUT2D eigenvalue weighted by Gasteiger charge is -2.31. The van der Waals surface area contributed by atoms with Crippen molar-refractivity contribution in [1.82, 2.24) is 14.9 Å². The van der Waals surface area contributed by atoms with Crippen molar-refractivity contribution in [3.63, 3.8) is 0 Å². The number of aryl methyl sites for hydroxylation is 1. The fourth-order valence-corrected chi connectivity index (χ4v) is 7.59. The summed E-state index contributed by atoms with van der Waals surface area (Å²) in [5.41, 5.74) is -0.000807. The Hall–Kier alpha value is -3.87. The highest BCUT2D eigenvalue weighted by Crippen LogP contribution is 2.45. The zero-order valence-electron chi connectivity index (χ0n) is 26.7. The quantitative estimate of drug-likeness (QED) is 0.214. The maximum absolute atomic E-state index is 17.1. The van der Waals surface area contributed by atoms with Crippen LogP contribution in [0.2, 0.25) is 0 Å². The predicted molar refractivity (Wildman–Crippen MR) is 172 cm³/mol. The van der Waals surface area contributed by atoms with Crippen LogP contribution in [0.5, 0.6) is 17.5 Å². The van der Waals surface area contributed by atoms with Crippen molar-refractivity contribution in [2.24, 2.45) is 0 Å². The minimum atomic E-state index is -0.927. The first-order valence-electron chi connectivity index (χ1n) is 16.3. The van der Waals surface area contributed by atoms with Crippen LogP contribution in [0.1, 0.15) is 38.2 Å². The number of phenolic OH excluding ortho intramolecular Hbond substituents is 1. The number of benzene rings is 3. The molecular formula is C35H39F3N4O5. The largest absolute Gasteiger partial charge is 0.507 e. The Kier molecular flexibility index (Phi) is 8.75. The van der Waals surface area contributed by atoms with Crippen LogP contribution in [0.4, 0.5) is 19.0 Å². The molecule has 7 rings (SSSR count). The minimum absolute atomic E-state index is 0.0286. The zero-order valence-corrected chi connectivity index (χ0v) is 26.7. The van der Waals surface area contributed by atoms with Gasteiger partial charge < -0.3 is 29.0 Å². The number of ether oxygens (including phenoxy) is 4. The second kappa shape index (κ2) is 13.0. The Bertz CT molecular complexity index is 1800. The molecule has 0 amide bonds.